The summed E-state index contributed by atoms with van der Waals surface area (Å²) in [5, 5.41) is 2.75. The van der Waals surface area contributed by atoms with Gasteiger partial charge in [0.05, 0.1) is 5.69 Å². The van der Waals surface area contributed by atoms with Crippen molar-refractivity contribution in [2.24, 2.45) is 10.9 Å². The molecule has 1 aromatic rings. The second kappa shape index (κ2) is 5.31. The third-order valence-electron chi connectivity index (χ3n) is 1.99. The summed E-state index contributed by atoms with van der Waals surface area (Å²) in [6, 6.07) is 0.241. The molecule has 0 atom stereocenters. The van der Waals surface area contributed by atoms with Gasteiger partial charge in [0.15, 0.2) is 5.03 Å². The average Bonchev–Trinajstić information content (AvgIpc) is 2.22. The van der Waals surface area contributed by atoms with Crippen molar-refractivity contribution in [2.75, 3.05) is 0 Å². The highest BCUT2D eigenvalue weighted by Crippen LogP contribution is 2.41. The van der Waals surface area contributed by atoms with Crippen LogP contribution >= 0.6 is 0 Å². The number of pyridine rings is 1. The van der Waals surface area contributed by atoms with Crippen molar-refractivity contribution in [2.45, 2.75) is 24.1 Å². The largest absolute Gasteiger partial charge is 0.573 e. The van der Waals surface area contributed by atoms with E-state index in [1.807, 2.05) is 0 Å². The van der Waals surface area contributed by atoms with Crippen molar-refractivity contribution >= 4 is 10.0 Å². The van der Waals surface area contributed by atoms with Crippen LogP contribution in [0.5, 0.6) is 5.75 Å². The molecule has 1 rings (SSSR count). The summed E-state index contributed by atoms with van der Waals surface area (Å²) >= 11 is 0. The molecule has 0 amide bonds. The average molecular weight is 339 g/mol. The number of nitrogens with two attached hydrogens (primary N) is 2. The molecule has 0 spiro atoms. The predicted molar refractivity (Wildman–Crippen MR) is 55.2 cm³/mol. The summed E-state index contributed by atoms with van der Waals surface area (Å²) in [5.41, 5.74) is 2.21. The second-order valence-corrected chi connectivity index (χ2v) is 5.06. The lowest BCUT2D eigenvalue weighted by atomic mass is 10.2. The number of nitrogens with zero attached hydrogens (tertiary/aromatic N) is 1. The molecule has 13 heteroatoms. The lowest BCUT2D eigenvalue weighted by Crippen LogP contribution is -2.26. The van der Waals surface area contributed by atoms with Crippen LogP contribution in [0.3, 0.4) is 0 Å². The molecule has 0 saturated carbocycles. The number of hydrogen-bond acceptors (Lipinski definition) is 5. The monoisotopic (exact) mass is 339 g/mol. The molecule has 0 aliphatic rings. The van der Waals surface area contributed by atoms with Crippen molar-refractivity contribution in [1.29, 1.82) is 0 Å². The molecule has 0 aliphatic carbocycles. The molecule has 1 heterocycles. The van der Waals surface area contributed by atoms with Crippen LogP contribution in [0, 0.1) is 0 Å². The maximum Gasteiger partial charge on any atom is 0.573 e. The van der Waals surface area contributed by atoms with Crippen LogP contribution in [0.4, 0.5) is 26.3 Å². The van der Waals surface area contributed by atoms with E-state index in [2.05, 4.69) is 14.9 Å². The van der Waals surface area contributed by atoms with Gasteiger partial charge in [0.2, 0.25) is 0 Å². The lowest BCUT2D eigenvalue weighted by Gasteiger charge is -2.18. The van der Waals surface area contributed by atoms with Crippen LogP contribution in [-0.2, 0) is 22.7 Å². The Labute approximate surface area is 113 Å². The van der Waals surface area contributed by atoms with Crippen molar-refractivity contribution < 1.29 is 39.5 Å². The Morgan fingerprint density at radius 1 is 1.19 bits per heavy atom. The highest BCUT2D eigenvalue weighted by atomic mass is 32.2. The zero-order chi connectivity index (χ0) is 16.6. The van der Waals surface area contributed by atoms with Crippen molar-refractivity contribution in [3.8, 4) is 5.75 Å². The van der Waals surface area contributed by atoms with E-state index in [-0.39, 0.29) is 6.07 Å². The van der Waals surface area contributed by atoms with Gasteiger partial charge in [-0.15, -0.1) is 13.2 Å². The first-order chi connectivity index (χ1) is 9.25. The standard InChI is InChI=1S/C8H7F6N3O3S/c9-7(10,11)5-4(20-8(12,13)14)1-3(2-15)17-6(5)21(16,18)19/h1H,2,15H2,(H2,16,18,19). The van der Waals surface area contributed by atoms with Crippen LogP contribution < -0.4 is 15.6 Å². The molecule has 4 N–H and O–H groups in total. The molecular weight excluding hydrogens is 332 g/mol. The molecule has 0 fully saturated rings. The molecule has 0 saturated heterocycles. The molecule has 0 unspecified atom stereocenters. The third-order valence-corrected chi connectivity index (χ3v) is 2.83. The fraction of sp³-hybridized carbons (Fsp3) is 0.375. The number of primary sulfonamides is 1. The topological polar surface area (TPSA) is 108 Å². The maximum atomic E-state index is 12.8. The van der Waals surface area contributed by atoms with Crippen LogP contribution in [-0.4, -0.2) is 19.8 Å². The van der Waals surface area contributed by atoms with E-state index < -0.39 is 51.1 Å². The minimum Gasteiger partial charge on any atom is -0.405 e. The first-order valence-electron chi connectivity index (χ1n) is 4.85. The number of sulfonamides is 1. The molecule has 21 heavy (non-hydrogen) atoms. The van der Waals surface area contributed by atoms with Gasteiger partial charge in [-0.1, -0.05) is 0 Å². The van der Waals surface area contributed by atoms with E-state index in [1.165, 1.54) is 0 Å². The van der Waals surface area contributed by atoms with E-state index in [9.17, 15) is 34.8 Å². The number of halogens is 6. The van der Waals surface area contributed by atoms with Gasteiger partial charge in [0.25, 0.3) is 10.0 Å². The number of aromatic nitrogens is 1. The van der Waals surface area contributed by atoms with Gasteiger partial charge in [0, 0.05) is 12.6 Å². The van der Waals surface area contributed by atoms with Crippen LogP contribution in [0.1, 0.15) is 11.3 Å². The van der Waals surface area contributed by atoms with E-state index in [4.69, 9.17) is 5.73 Å². The van der Waals surface area contributed by atoms with Gasteiger partial charge in [0.1, 0.15) is 11.3 Å². The van der Waals surface area contributed by atoms with Crippen LogP contribution in [0.2, 0.25) is 0 Å². The molecular formula is C8H7F6N3O3S. The summed E-state index contributed by atoms with van der Waals surface area (Å²) in [7, 11) is -5.06. The highest BCUT2D eigenvalue weighted by molar-refractivity contribution is 7.89. The molecule has 120 valence electrons. The Kier molecular flexibility index (Phi) is 4.41. The van der Waals surface area contributed by atoms with E-state index in [0.717, 1.165) is 0 Å². The van der Waals surface area contributed by atoms with E-state index in [1.54, 1.807) is 0 Å². The molecule has 0 aromatic carbocycles. The van der Waals surface area contributed by atoms with Crippen molar-refractivity contribution in [3.63, 3.8) is 0 Å². The van der Waals surface area contributed by atoms with Crippen LogP contribution in [0.15, 0.2) is 11.1 Å². The van der Waals surface area contributed by atoms with Gasteiger partial charge in [-0.25, -0.2) is 18.5 Å². The van der Waals surface area contributed by atoms with Gasteiger partial charge in [-0.05, 0) is 0 Å². The Balaban J connectivity index is 3.76. The SMILES string of the molecule is NCc1cc(OC(F)(F)F)c(C(F)(F)F)c(S(N)(=O)=O)n1. The normalized spacial score (nSPS) is 13.3. The smallest absolute Gasteiger partial charge is 0.405 e. The van der Waals surface area contributed by atoms with E-state index >= 15 is 0 Å². The van der Waals surface area contributed by atoms with Crippen molar-refractivity contribution in [1.82, 2.24) is 4.98 Å². The summed E-state index contributed by atoms with van der Waals surface area (Å²) < 4.78 is 100. The Morgan fingerprint density at radius 3 is 2.05 bits per heavy atom. The van der Waals surface area contributed by atoms with Crippen molar-refractivity contribution in [3.05, 3.63) is 17.3 Å². The molecule has 6 nitrogen and oxygen atoms in total. The Morgan fingerprint density at radius 2 is 1.71 bits per heavy atom. The van der Waals surface area contributed by atoms with Gasteiger partial charge >= 0.3 is 12.5 Å². The molecule has 0 bridgehead atoms. The Hall–Kier alpha value is -1.60. The quantitative estimate of drug-likeness (QED) is 0.802. The first-order valence-corrected chi connectivity index (χ1v) is 6.40. The molecule has 1 aromatic heterocycles. The third kappa shape index (κ3) is 4.44. The summed E-state index contributed by atoms with van der Waals surface area (Å²) in [5.74, 6) is -1.80. The predicted octanol–water partition coefficient (Wildman–Crippen LogP) is 1.11. The van der Waals surface area contributed by atoms with Gasteiger partial charge in [-0.2, -0.15) is 13.2 Å². The van der Waals surface area contributed by atoms with E-state index in [0.29, 0.717) is 0 Å². The van der Waals surface area contributed by atoms with Crippen LogP contribution in [0.25, 0.3) is 0 Å². The first kappa shape index (κ1) is 17.5. The molecule has 0 aliphatic heterocycles. The summed E-state index contributed by atoms with van der Waals surface area (Å²) in [4.78, 5) is 3.01. The zero-order valence-electron chi connectivity index (χ0n) is 9.79. The number of hydrogen-bond donors (Lipinski definition) is 2. The van der Waals surface area contributed by atoms with Gasteiger partial charge in [-0.3, -0.25) is 0 Å². The summed E-state index contributed by atoms with van der Waals surface area (Å²) in [6.45, 7) is -0.630. The molecule has 0 radical (unpaired) electrons. The lowest BCUT2D eigenvalue weighted by molar-refractivity contribution is -0.276. The Bertz CT molecular complexity index is 640. The highest BCUT2D eigenvalue weighted by Gasteiger charge is 2.44. The second-order valence-electron chi connectivity index (χ2n) is 3.59. The fourth-order valence-corrected chi connectivity index (χ4v) is 2.07. The number of ether oxygens (including phenoxy) is 1. The maximum absolute atomic E-state index is 12.8. The summed E-state index contributed by atoms with van der Waals surface area (Å²) in [6.07, 6.45) is -11.0. The zero-order valence-corrected chi connectivity index (χ0v) is 10.6. The minimum atomic E-state index is -5.50. The minimum absolute atomic E-state index is 0.241. The number of rotatable bonds is 3. The fourth-order valence-electron chi connectivity index (χ4n) is 1.32. The van der Waals surface area contributed by atoms with Gasteiger partial charge < -0.3 is 10.5 Å². The number of alkyl halides is 6.